The lowest BCUT2D eigenvalue weighted by Crippen LogP contribution is -2.46. The average molecular weight is 367 g/mol. The first-order chi connectivity index (χ1) is 12.9. The van der Waals surface area contributed by atoms with Crippen LogP contribution in [0.2, 0.25) is 0 Å². The number of hydrogen-bond donors (Lipinski definition) is 1. The van der Waals surface area contributed by atoms with Gasteiger partial charge in [-0.2, -0.15) is 0 Å². The molecular weight excluding hydrogens is 345 g/mol. The number of amides is 1. The van der Waals surface area contributed by atoms with Gasteiger partial charge in [0.25, 0.3) is 5.91 Å². The van der Waals surface area contributed by atoms with E-state index in [0.29, 0.717) is 24.8 Å². The quantitative estimate of drug-likeness (QED) is 0.894. The molecule has 0 unspecified atom stereocenters. The molecule has 2 aliphatic rings. The zero-order valence-electron chi connectivity index (χ0n) is 15.2. The molecular formula is C22H22FNO3. The van der Waals surface area contributed by atoms with E-state index in [2.05, 4.69) is 0 Å². The largest absolute Gasteiger partial charge is 0.481 e. The normalized spacial score (nSPS) is 26.4. The van der Waals surface area contributed by atoms with E-state index in [1.165, 1.54) is 6.07 Å². The number of aliphatic carboxylic acids is 1. The highest BCUT2D eigenvalue weighted by atomic mass is 19.1. The van der Waals surface area contributed by atoms with Crippen LogP contribution >= 0.6 is 0 Å². The summed E-state index contributed by atoms with van der Waals surface area (Å²) in [4.78, 5) is 27.1. The second-order valence-corrected chi connectivity index (χ2v) is 7.72. The van der Waals surface area contributed by atoms with E-state index in [1.54, 1.807) is 24.0 Å². The van der Waals surface area contributed by atoms with Gasteiger partial charge in [0.05, 0.1) is 11.0 Å². The van der Waals surface area contributed by atoms with Gasteiger partial charge in [0.1, 0.15) is 5.82 Å². The van der Waals surface area contributed by atoms with Crippen molar-refractivity contribution in [2.75, 3.05) is 0 Å². The molecule has 0 aromatic heterocycles. The maximum absolute atomic E-state index is 14.5. The Morgan fingerprint density at radius 3 is 2.59 bits per heavy atom. The van der Waals surface area contributed by atoms with Gasteiger partial charge in [-0.25, -0.2) is 4.39 Å². The number of nitrogens with zero attached hydrogens (tertiary/aromatic N) is 1. The number of carboxylic acid groups (broad SMARTS) is 1. The fraction of sp³-hybridized carbons (Fsp3) is 0.364. The van der Waals surface area contributed by atoms with E-state index in [4.69, 9.17) is 0 Å². The van der Waals surface area contributed by atoms with Gasteiger partial charge >= 0.3 is 5.97 Å². The van der Waals surface area contributed by atoms with Crippen molar-refractivity contribution in [1.29, 1.82) is 0 Å². The van der Waals surface area contributed by atoms with Crippen LogP contribution in [-0.4, -0.2) is 34.0 Å². The highest BCUT2D eigenvalue weighted by molar-refractivity contribution is 5.96. The third-order valence-electron chi connectivity index (χ3n) is 6.19. The van der Waals surface area contributed by atoms with Crippen LogP contribution in [0.3, 0.4) is 0 Å². The van der Waals surface area contributed by atoms with Crippen molar-refractivity contribution in [3.8, 4) is 0 Å². The van der Waals surface area contributed by atoms with Crippen LogP contribution < -0.4 is 0 Å². The van der Waals surface area contributed by atoms with Gasteiger partial charge < -0.3 is 10.0 Å². The highest BCUT2D eigenvalue weighted by Crippen LogP contribution is 2.52. The van der Waals surface area contributed by atoms with E-state index in [0.717, 1.165) is 12.0 Å². The number of fused-ring (bicyclic) bond motifs is 2. The van der Waals surface area contributed by atoms with Crippen LogP contribution in [0.15, 0.2) is 48.5 Å². The van der Waals surface area contributed by atoms with E-state index in [-0.39, 0.29) is 17.5 Å². The minimum atomic E-state index is -1.01. The minimum Gasteiger partial charge on any atom is -0.481 e. The van der Waals surface area contributed by atoms with E-state index < -0.39 is 23.2 Å². The summed E-state index contributed by atoms with van der Waals surface area (Å²) < 4.78 is 14.5. The van der Waals surface area contributed by atoms with Gasteiger partial charge in [0.2, 0.25) is 0 Å². The summed E-state index contributed by atoms with van der Waals surface area (Å²) in [6.45, 7) is 1.63. The molecule has 2 aliphatic heterocycles. The van der Waals surface area contributed by atoms with Gasteiger partial charge in [-0.3, -0.25) is 9.59 Å². The lowest BCUT2D eigenvalue weighted by molar-refractivity contribution is -0.150. The van der Waals surface area contributed by atoms with Crippen LogP contribution in [0, 0.1) is 18.2 Å². The number of hydrogen-bond acceptors (Lipinski definition) is 2. The molecule has 5 heteroatoms. The summed E-state index contributed by atoms with van der Waals surface area (Å²) in [7, 11) is 0. The minimum absolute atomic E-state index is 0.0350. The predicted octanol–water partition coefficient (Wildman–Crippen LogP) is 3.82. The maximum Gasteiger partial charge on any atom is 0.312 e. The molecule has 2 bridgehead atoms. The van der Waals surface area contributed by atoms with Crippen molar-refractivity contribution in [1.82, 2.24) is 4.90 Å². The second-order valence-electron chi connectivity index (χ2n) is 7.72. The first-order valence-corrected chi connectivity index (χ1v) is 9.29. The molecule has 0 saturated carbocycles. The number of carbonyl (C=O) groups is 2. The van der Waals surface area contributed by atoms with Crippen molar-refractivity contribution >= 4 is 11.9 Å². The topological polar surface area (TPSA) is 57.6 Å². The Hall–Kier alpha value is -2.69. The molecule has 2 fully saturated rings. The van der Waals surface area contributed by atoms with Gasteiger partial charge in [0, 0.05) is 12.1 Å². The Morgan fingerprint density at radius 2 is 1.89 bits per heavy atom. The van der Waals surface area contributed by atoms with Gasteiger partial charge in [-0.1, -0.05) is 42.5 Å². The zero-order valence-corrected chi connectivity index (χ0v) is 15.2. The fourth-order valence-electron chi connectivity index (χ4n) is 4.90. The standard InChI is InChI=1S/C22H22FNO3/c1-14-6-5-9-17(19(14)23)20(25)24-16-10-11-18(24)22(13-16,21(26)27)12-15-7-3-2-4-8-15/h2-9,16,18H,10-13H2,1H3,(H,26,27)/t16-,18+,22+/m0/s1. The molecule has 1 N–H and O–H groups in total. The number of halogens is 1. The maximum atomic E-state index is 14.5. The summed E-state index contributed by atoms with van der Waals surface area (Å²) in [6.07, 6.45) is 2.21. The summed E-state index contributed by atoms with van der Waals surface area (Å²) >= 11 is 0. The molecule has 2 saturated heterocycles. The number of carboxylic acids is 1. The van der Waals surface area contributed by atoms with Crippen molar-refractivity contribution in [2.24, 2.45) is 5.41 Å². The van der Waals surface area contributed by atoms with Crippen LogP contribution in [0.5, 0.6) is 0 Å². The Labute approximate surface area is 157 Å². The van der Waals surface area contributed by atoms with Crippen molar-refractivity contribution < 1.29 is 19.1 Å². The summed E-state index contributed by atoms with van der Waals surface area (Å²) in [6, 6.07) is 13.7. The van der Waals surface area contributed by atoms with Gasteiger partial charge in [-0.05, 0) is 49.8 Å². The molecule has 4 nitrogen and oxygen atoms in total. The van der Waals surface area contributed by atoms with E-state index >= 15 is 0 Å². The summed E-state index contributed by atoms with van der Waals surface area (Å²) in [5.41, 5.74) is 0.385. The number of carbonyl (C=O) groups excluding carboxylic acids is 1. The van der Waals surface area contributed by atoms with Gasteiger partial charge in [-0.15, -0.1) is 0 Å². The molecule has 1 amide bonds. The number of rotatable bonds is 4. The van der Waals surface area contributed by atoms with E-state index in [1.807, 2.05) is 30.3 Å². The fourth-order valence-corrected chi connectivity index (χ4v) is 4.90. The van der Waals surface area contributed by atoms with Crippen LogP contribution in [-0.2, 0) is 11.2 Å². The predicted molar refractivity (Wildman–Crippen MR) is 98.9 cm³/mol. The molecule has 2 aromatic rings. The second kappa shape index (κ2) is 6.48. The van der Waals surface area contributed by atoms with Gasteiger partial charge in [0.15, 0.2) is 0 Å². The Bertz CT molecular complexity index is 898. The Balaban J connectivity index is 1.70. The molecule has 3 atom stereocenters. The smallest absolute Gasteiger partial charge is 0.312 e. The lowest BCUT2D eigenvalue weighted by atomic mass is 9.70. The van der Waals surface area contributed by atoms with Crippen molar-refractivity contribution in [3.05, 3.63) is 71.0 Å². The third kappa shape index (κ3) is 2.73. The molecule has 140 valence electrons. The molecule has 0 aliphatic carbocycles. The SMILES string of the molecule is Cc1cccc(C(=O)N2[C@H]3CC[C@@H]2[C@](Cc2ccccc2)(C(=O)O)C3)c1F. The van der Waals surface area contributed by atoms with E-state index in [9.17, 15) is 19.1 Å². The third-order valence-corrected chi connectivity index (χ3v) is 6.19. The molecule has 0 radical (unpaired) electrons. The number of benzene rings is 2. The first kappa shape index (κ1) is 17.7. The zero-order chi connectivity index (χ0) is 19.2. The van der Waals surface area contributed by atoms with Crippen LogP contribution in [0.1, 0.15) is 40.7 Å². The Morgan fingerprint density at radius 1 is 1.15 bits per heavy atom. The summed E-state index contributed by atoms with van der Waals surface area (Å²) in [5.74, 6) is -1.78. The monoisotopic (exact) mass is 367 g/mol. The highest BCUT2D eigenvalue weighted by Gasteiger charge is 2.61. The molecule has 4 rings (SSSR count). The van der Waals surface area contributed by atoms with Crippen LogP contribution in [0.25, 0.3) is 0 Å². The summed E-state index contributed by atoms with van der Waals surface area (Å²) in [5, 5.41) is 10.1. The molecule has 2 heterocycles. The van der Waals surface area contributed by atoms with Crippen LogP contribution in [0.4, 0.5) is 4.39 Å². The first-order valence-electron chi connectivity index (χ1n) is 9.29. The van der Waals surface area contributed by atoms with Crippen molar-refractivity contribution in [2.45, 2.75) is 44.7 Å². The molecule has 0 spiro atoms. The average Bonchev–Trinajstić information content (AvgIpc) is 3.20. The van der Waals surface area contributed by atoms with Crippen molar-refractivity contribution in [3.63, 3.8) is 0 Å². The molecule has 27 heavy (non-hydrogen) atoms. The lowest BCUT2D eigenvalue weighted by Gasteiger charge is -2.33. The Kier molecular flexibility index (Phi) is 4.25. The molecule has 2 aromatic carbocycles. The number of aryl methyl sites for hydroxylation is 1.